The molecule has 1 rings (SSSR count). The zero-order chi connectivity index (χ0) is 7.40. The molecule has 0 aromatic heterocycles. The van der Waals surface area contributed by atoms with Crippen LogP contribution >= 0.6 is 0 Å². The van der Waals surface area contributed by atoms with E-state index in [4.69, 9.17) is 10.00 Å². The predicted molar refractivity (Wildman–Crippen MR) is 36.5 cm³/mol. The Morgan fingerprint density at radius 1 is 1.80 bits per heavy atom. The van der Waals surface area contributed by atoms with Crippen molar-refractivity contribution in [3.05, 3.63) is 0 Å². The smallest absolute Gasteiger partial charge is 0.156 e. The highest BCUT2D eigenvalue weighted by atomic mass is 16.5. The van der Waals surface area contributed by atoms with Gasteiger partial charge in [-0.25, -0.2) is 0 Å². The highest BCUT2D eigenvalue weighted by molar-refractivity contribution is 5.23. The molecule has 54 valence electrons. The molecular weight excluding hydrogens is 130 g/mol. The van der Waals surface area contributed by atoms with Crippen molar-refractivity contribution in [1.82, 2.24) is 5.01 Å². The summed E-state index contributed by atoms with van der Waals surface area (Å²) in [6.07, 6.45) is 0. The van der Waals surface area contributed by atoms with E-state index < -0.39 is 0 Å². The molecular formula is C6H9N3O. The van der Waals surface area contributed by atoms with Crippen molar-refractivity contribution in [2.45, 2.75) is 6.04 Å². The lowest BCUT2D eigenvalue weighted by atomic mass is 10.3. The van der Waals surface area contributed by atoms with Gasteiger partial charge in [0.1, 0.15) is 0 Å². The molecule has 0 aliphatic carbocycles. The molecule has 0 amide bonds. The molecule has 0 aromatic carbocycles. The van der Waals surface area contributed by atoms with Gasteiger partial charge in [0.2, 0.25) is 0 Å². The summed E-state index contributed by atoms with van der Waals surface area (Å²) in [5, 5.41) is 13.9. The van der Waals surface area contributed by atoms with Gasteiger partial charge in [0.05, 0.1) is 25.8 Å². The fraction of sp³-hybridized carbons (Fsp3) is 0.667. The van der Waals surface area contributed by atoms with Gasteiger partial charge in [-0.2, -0.15) is 10.4 Å². The number of hydrogen-bond acceptors (Lipinski definition) is 4. The van der Waals surface area contributed by atoms with Crippen molar-refractivity contribution in [1.29, 1.82) is 5.26 Å². The van der Waals surface area contributed by atoms with E-state index in [2.05, 4.69) is 17.9 Å². The van der Waals surface area contributed by atoms with Gasteiger partial charge < -0.3 is 4.74 Å². The molecule has 0 radical (unpaired) electrons. The summed E-state index contributed by atoms with van der Waals surface area (Å²) in [5.41, 5.74) is 0. The van der Waals surface area contributed by atoms with Crippen LogP contribution in [0.4, 0.5) is 0 Å². The van der Waals surface area contributed by atoms with Crippen LogP contribution in [0.5, 0.6) is 0 Å². The average Bonchev–Trinajstić information content (AvgIpc) is 2.04. The fourth-order valence-corrected chi connectivity index (χ4v) is 0.868. The summed E-state index contributed by atoms with van der Waals surface area (Å²) in [6, 6.07) is 1.83. The van der Waals surface area contributed by atoms with Gasteiger partial charge in [0.15, 0.2) is 6.04 Å². The summed E-state index contributed by atoms with van der Waals surface area (Å²) in [6.45, 7) is 5.10. The Bertz CT molecular complexity index is 163. The summed E-state index contributed by atoms with van der Waals surface area (Å²) < 4.78 is 5.05. The minimum Gasteiger partial charge on any atom is -0.376 e. The highest BCUT2D eigenvalue weighted by Crippen LogP contribution is 2.04. The van der Waals surface area contributed by atoms with Crippen LogP contribution in [0.15, 0.2) is 5.10 Å². The molecule has 10 heavy (non-hydrogen) atoms. The lowest BCUT2D eigenvalue weighted by Crippen LogP contribution is -2.40. The van der Waals surface area contributed by atoms with Gasteiger partial charge in [-0.15, -0.1) is 0 Å². The maximum atomic E-state index is 8.53. The second kappa shape index (κ2) is 3.18. The monoisotopic (exact) mass is 139 g/mol. The molecule has 1 fully saturated rings. The first-order valence-corrected chi connectivity index (χ1v) is 3.09. The maximum absolute atomic E-state index is 8.53. The second-order valence-corrected chi connectivity index (χ2v) is 2.02. The molecule has 0 aromatic rings. The molecule has 0 spiro atoms. The van der Waals surface area contributed by atoms with Gasteiger partial charge in [0, 0.05) is 6.72 Å². The van der Waals surface area contributed by atoms with Crippen LogP contribution < -0.4 is 0 Å². The minimum absolute atomic E-state index is 0.244. The highest BCUT2D eigenvalue weighted by Gasteiger charge is 2.19. The summed E-state index contributed by atoms with van der Waals surface area (Å²) in [5.74, 6) is 0. The molecule has 1 saturated heterocycles. The van der Waals surface area contributed by atoms with Crippen molar-refractivity contribution in [3.8, 4) is 6.07 Å². The Morgan fingerprint density at radius 2 is 2.60 bits per heavy atom. The van der Waals surface area contributed by atoms with Crippen LogP contribution in [0.1, 0.15) is 0 Å². The molecule has 1 unspecified atom stereocenters. The van der Waals surface area contributed by atoms with Gasteiger partial charge in [-0.05, 0) is 0 Å². The molecule has 0 saturated carbocycles. The Balaban J connectivity index is 2.51. The van der Waals surface area contributed by atoms with Crippen LogP contribution in [0.2, 0.25) is 0 Å². The second-order valence-electron chi connectivity index (χ2n) is 2.02. The topological polar surface area (TPSA) is 48.6 Å². The van der Waals surface area contributed by atoms with Crippen LogP contribution in [0.25, 0.3) is 0 Å². The lowest BCUT2D eigenvalue weighted by molar-refractivity contribution is 0.0148. The number of nitriles is 1. The van der Waals surface area contributed by atoms with Crippen LogP contribution in [0.3, 0.4) is 0 Å². The number of hydrazone groups is 1. The van der Waals surface area contributed by atoms with E-state index in [1.165, 1.54) is 0 Å². The predicted octanol–water partition coefficient (Wildman–Crippen LogP) is -0.174. The number of nitrogens with zero attached hydrogens (tertiary/aromatic N) is 3. The normalized spacial score (nSPS) is 25.5. The van der Waals surface area contributed by atoms with Gasteiger partial charge in [0.25, 0.3) is 0 Å². The zero-order valence-electron chi connectivity index (χ0n) is 5.66. The third-order valence-corrected chi connectivity index (χ3v) is 1.43. The molecule has 1 aliphatic rings. The molecule has 4 nitrogen and oxygen atoms in total. The summed E-state index contributed by atoms with van der Waals surface area (Å²) in [7, 11) is 0. The molecule has 1 atom stereocenters. The number of rotatable bonds is 1. The Kier molecular flexibility index (Phi) is 2.24. The fourth-order valence-electron chi connectivity index (χ4n) is 0.868. The first-order valence-electron chi connectivity index (χ1n) is 3.09. The molecule has 0 N–H and O–H groups in total. The Hall–Kier alpha value is -1.08. The Morgan fingerprint density at radius 3 is 3.10 bits per heavy atom. The van der Waals surface area contributed by atoms with Crippen molar-refractivity contribution >= 4 is 6.72 Å². The van der Waals surface area contributed by atoms with Crippen LogP contribution in [0, 0.1) is 11.3 Å². The average molecular weight is 139 g/mol. The largest absolute Gasteiger partial charge is 0.376 e. The number of morpholine rings is 1. The van der Waals surface area contributed by atoms with Crippen LogP contribution in [-0.2, 0) is 4.74 Å². The van der Waals surface area contributed by atoms with Crippen LogP contribution in [-0.4, -0.2) is 37.5 Å². The van der Waals surface area contributed by atoms with E-state index in [9.17, 15) is 0 Å². The van der Waals surface area contributed by atoms with E-state index in [0.717, 1.165) is 0 Å². The third kappa shape index (κ3) is 1.25. The van der Waals surface area contributed by atoms with E-state index >= 15 is 0 Å². The quantitative estimate of drug-likeness (QED) is 0.474. The maximum Gasteiger partial charge on any atom is 0.156 e. The Labute approximate surface area is 59.7 Å². The molecule has 1 heterocycles. The van der Waals surface area contributed by atoms with Crippen molar-refractivity contribution in [3.63, 3.8) is 0 Å². The first kappa shape index (κ1) is 7.03. The van der Waals surface area contributed by atoms with Gasteiger partial charge in [-0.1, -0.05) is 0 Å². The van der Waals surface area contributed by atoms with E-state index in [1.807, 2.05) is 0 Å². The SMILES string of the molecule is C=NN1CCOCC1C#N. The first-order chi connectivity index (χ1) is 4.88. The summed E-state index contributed by atoms with van der Waals surface area (Å²) in [4.78, 5) is 0. The molecule has 1 aliphatic heterocycles. The molecule has 0 bridgehead atoms. The lowest BCUT2D eigenvalue weighted by Gasteiger charge is -2.27. The zero-order valence-corrected chi connectivity index (χ0v) is 5.66. The van der Waals surface area contributed by atoms with E-state index in [-0.39, 0.29) is 6.04 Å². The number of hydrogen-bond donors (Lipinski definition) is 0. The summed E-state index contributed by atoms with van der Waals surface area (Å²) >= 11 is 0. The van der Waals surface area contributed by atoms with Crippen molar-refractivity contribution in [2.24, 2.45) is 5.10 Å². The van der Waals surface area contributed by atoms with E-state index in [1.54, 1.807) is 5.01 Å². The van der Waals surface area contributed by atoms with Gasteiger partial charge >= 0.3 is 0 Å². The third-order valence-electron chi connectivity index (χ3n) is 1.43. The van der Waals surface area contributed by atoms with Crippen molar-refractivity contribution < 1.29 is 4.74 Å². The molecule has 4 heteroatoms. The standard InChI is InChI=1S/C6H9N3O/c1-8-9-2-3-10-5-6(9)4-7/h6H,1-3,5H2. The number of ether oxygens (including phenoxy) is 1. The van der Waals surface area contributed by atoms with Gasteiger partial charge in [-0.3, -0.25) is 5.01 Å². The minimum atomic E-state index is -0.244. The van der Waals surface area contributed by atoms with E-state index in [0.29, 0.717) is 19.8 Å². The van der Waals surface area contributed by atoms with Crippen molar-refractivity contribution in [2.75, 3.05) is 19.8 Å².